The quantitative estimate of drug-likeness (QED) is 0.914. The average molecular weight is 343 g/mol. The van der Waals surface area contributed by atoms with Gasteiger partial charge in [-0.15, -0.1) is 0 Å². The largest absolute Gasteiger partial charge is 0.444 e. The number of alkyl carbamates (subject to hydrolysis) is 1. The van der Waals surface area contributed by atoms with E-state index in [2.05, 4.69) is 11.4 Å². The van der Waals surface area contributed by atoms with Crippen molar-refractivity contribution in [2.24, 2.45) is 0 Å². The van der Waals surface area contributed by atoms with Gasteiger partial charge in [-0.1, -0.05) is 30.3 Å². The van der Waals surface area contributed by atoms with Gasteiger partial charge < -0.3 is 15.0 Å². The molecule has 25 heavy (non-hydrogen) atoms. The van der Waals surface area contributed by atoms with Gasteiger partial charge in [0.1, 0.15) is 17.7 Å². The molecule has 1 fully saturated rings. The molecule has 1 aliphatic rings. The fourth-order valence-corrected chi connectivity index (χ4v) is 2.86. The van der Waals surface area contributed by atoms with Crippen molar-refractivity contribution in [3.8, 4) is 6.07 Å². The highest BCUT2D eigenvalue weighted by Crippen LogP contribution is 2.24. The molecule has 6 nitrogen and oxygen atoms in total. The van der Waals surface area contributed by atoms with Gasteiger partial charge in [0.25, 0.3) is 0 Å². The van der Waals surface area contributed by atoms with Gasteiger partial charge in [0.2, 0.25) is 5.91 Å². The van der Waals surface area contributed by atoms with E-state index in [9.17, 15) is 14.9 Å². The van der Waals surface area contributed by atoms with Gasteiger partial charge in [0.15, 0.2) is 0 Å². The molecule has 0 radical (unpaired) electrons. The van der Waals surface area contributed by atoms with Gasteiger partial charge >= 0.3 is 6.09 Å². The van der Waals surface area contributed by atoms with Crippen LogP contribution in [0.4, 0.5) is 4.79 Å². The fourth-order valence-electron chi connectivity index (χ4n) is 2.86. The molecular formula is C19H25N3O3. The number of likely N-dealkylation sites (tertiary alicyclic amines) is 1. The van der Waals surface area contributed by atoms with Crippen molar-refractivity contribution >= 4 is 12.0 Å². The lowest BCUT2D eigenvalue weighted by Gasteiger charge is -2.29. The summed E-state index contributed by atoms with van der Waals surface area (Å²) < 4.78 is 5.25. The first-order chi connectivity index (χ1) is 11.8. The first-order valence-corrected chi connectivity index (χ1v) is 8.56. The second-order valence-electron chi connectivity index (χ2n) is 7.17. The van der Waals surface area contributed by atoms with Crippen molar-refractivity contribution in [1.29, 1.82) is 5.26 Å². The number of carbonyl (C=O) groups excluding carboxylic acids is 2. The first kappa shape index (κ1) is 18.8. The van der Waals surface area contributed by atoms with Crippen LogP contribution in [0.3, 0.4) is 0 Å². The number of nitrogens with zero attached hydrogens (tertiary/aromatic N) is 2. The highest BCUT2D eigenvalue weighted by Gasteiger charge is 2.34. The molecule has 1 unspecified atom stereocenters. The maximum absolute atomic E-state index is 12.9. The zero-order chi connectivity index (χ0) is 18.4. The van der Waals surface area contributed by atoms with Crippen LogP contribution in [-0.4, -0.2) is 35.1 Å². The van der Waals surface area contributed by atoms with E-state index in [4.69, 9.17) is 4.74 Å². The van der Waals surface area contributed by atoms with E-state index < -0.39 is 23.8 Å². The standard InChI is InChI=1S/C19H25N3O3/c1-19(2,3)25-18(24)21-15-11-7-8-12-22(17(15)23)16(13-20)14-9-5-4-6-10-14/h4-6,9-10,15-16H,7-8,11-12H2,1-3H3,(H,21,24)/t15-,16?/m0/s1. The summed E-state index contributed by atoms with van der Waals surface area (Å²) in [7, 11) is 0. The summed E-state index contributed by atoms with van der Waals surface area (Å²) in [6.07, 6.45) is 1.53. The molecule has 1 N–H and O–H groups in total. The summed E-state index contributed by atoms with van der Waals surface area (Å²) in [4.78, 5) is 26.5. The van der Waals surface area contributed by atoms with Crippen molar-refractivity contribution in [2.75, 3.05) is 6.54 Å². The summed E-state index contributed by atoms with van der Waals surface area (Å²) in [5, 5.41) is 12.3. The average Bonchev–Trinajstić information content (AvgIpc) is 2.71. The number of benzene rings is 1. The van der Waals surface area contributed by atoms with E-state index in [1.165, 1.54) is 0 Å². The Kier molecular flexibility index (Phi) is 6.02. The number of nitriles is 1. The molecule has 1 saturated heterocycles. The molecule has 134 valence electrons. The van der Waals surface area contributed by atoms with Gasteiger partial charge in [0.05, 0.1) is 6.07 Å². The highest BCUT2D eigenvalue weighted by atomic mass is 16.6. The second-order valence-corrected chi connectivity index (χ2v) is 7.17. The van der Waals surface area contributed by atoms with Crippen LogP contribution in [0.2, 0.25) is 0 Å². The molecule has 2 rings (SSSR count). The third-order valence-corrected chi connectivity index (χ3v) is 3.96. The third kappa shape index (κ3) is 5.21. The second kappa shape index (κ2) is 8.02. The Balaban J connectivity index is 2.15. The van der Waals surface area contributed by atoms with Crippen molar-refractivity contribution in [3.05, 3.63) is 35.9 Å². The summed E-state index contributed by atoms with van der Waals surface area (Å²) in [5.41, 5.74) is 0.146. The van der Waals surface area contributed by atoms with Gasteiger partial charge in [0, 0.05) is 6.54 Å². The monoisotopic (exact) mass is 343 g/mol. The SMILES string of the molecule is CC(C)(C)OC(=O)N[C@H]1CCCCN(C(C#N)c2ccccc2)C1=O. The number of amides is 2. The first-order valence-electron chi connectivity index (χ1n) is 8.56. The van der Waals surface area contributed by atoms with Crippen LogP contribution in [0.5, 0.6) is 0 Å². The topological polar surface area (TPSA) is 82.4 Å². The van der Waals surface area contributed by atoms with Crippen LogP contribution in [-0.2, 0) is 9.53 Å². The zero-order valence-corrected chi connectivity index (χ0v) is 15.0. The van der Waals surface area contributed by atoms with Crippen LogP contribution in [0.25, 0.3) is 0 Å². The lowest BCUT2D eigenvalue weighted by atomic mass is 10.1. The lowest BCUT2D eigenvalue weighted by Crippen LogP contribution is -2.49. The molecule has 2 amide bonds. The Hall–Kier alpha value is -2.55. The number of carbonyl (C=O) groups is 2. The predicted molar refractivity (Wildman–Crippen MR) is 93.5 cm³/mol. The maximum Gasteiger partial charge on any atom is 0.408 e. The molecule has 1 aromatic carbocycles. The van der Waals surface area contributed by atoms with Crippen molar-refractivity contribution in [3.63, 3.8) is 0 Å². The molecule has 1 aromatic rings. The van der Waals surface area contributed by atoms with E-state index in [0.29, 0.717) is 13.0 Å². The molecule has 0 bridgehead atoms. The van der Waals surface area contributed by atoms with Crippen molar-refractivity contribution < 1.29 is 14.3 Å². The number of hydrogen-bond donors (Lipinski definition) is 1. The molecule has 1 heterocycles. The van der Waals surface area contributed by atoms with Crippen LogP contribution in [0.15, 0.2) is 30.3 Å². The van der Waals surface area contributed by atoms with Crippen LogP contribution in [0, 0.1) is 11.3 Å². The summed E-state index contributed by atoms with van der Waals surface area (Å²) >= 11 is 0. The van der Waals surface area contributed by atoms with E-state index in [1.54, 1.807) is 25.7 Å². The maximum atomic E-state index is 12.9. The van der Waals surface area contributed by atoms with E-state index in [1.807, 2.05) is 30.3 Å². The number of nitrogens with one attached hydrogen (secondary N) is 1. The zero-order valence-electron chi connectivity index (χ0n) is 15.0. The normalized spacial score (nSPS) is 19.5. The van der Waals surface area contributed by atoms with E-state index in [0.717, 1.165) is 18.4 Å². The van der Waals surface area contributed by atoms with Gasteiger partial charge in [-0.25, -0.2) is 4.79 Å². The number of hydrogen-bond acceptors (Lipinski definition) is 4. The van der Waals surface area contributed by atoms with E-state index >= 15 is 0 Å². The minimum absolute atomic E-state index is 0.237. The Bertz CT molecular complexity index is 646. The minimum atomic E-state index is -0.670. The Labute approximate surface area is 148 Å². The molecule has 0 spiro atoms. The molecule has 2 atom stereocenters. The Morgan fingerprint density at radius 1 is 1.32 bits per heavy atom. The number of ether oxygens (including phenoxy) is 1. The van der Waals surface area contributed by atoms with Gasteiger partial charge in [-0.2, -0.15) is 5.26 Å². The fraction of sp³-hybridized carbons (Fsp3) is 0.526. The Morgan fingerprint density at radius 3 is 2.60 bits per heavy atom. The third-order valence-electron chi connectivity index (χ3n) is 3.96. The van der Waals surface area contributed by atoms with Crippen LogP contribution in [0.1, 0.15) is 51.6 Å². The van der Waals surface area contributed by atoms with Crippen molar-refractivity contribution in [2.45, 2.75) is 57.7 Å². The molecule has 0 saturated carbocycles. The van der Waals surface area contributed by atoms with Crippen LogP contribution < -0.4 is 5.32 Å². The summed E-state index contributed by atoms with van der Waals surface area (Å²) in [6.45, 7) is 5.82. The van der Waals surface area contributed by atoms with Gasteiger partial charge in [-0.3, -0.25) is 4.79 Å². The van der Waals surface area contributed by atoms with Crippen molar-refractivity contribution in [1.82, 2.24) is 10.2 Å². The molecule has 6 heteroatoms. The van der Waals surface area contributed by atoms with Crippen LogP contribution >= 0.6 is 0 Å². The van der Waals surface area contributed by atoms with E-state index in [-0.39, 0.29) is 5.91 Å². The molecule has 0 aromatic heterocycles. The molecule has 0 aliphatic carbocycles. The number of rotatable bonds is 3. The predicted octanol–water partition coefficient (Wildman–Crippen LogP) is 3.16. The Morgan fingerprint density at radius 2 is 2.00 bits per heavy atom. The molecular weight excluding hydrogens is 318 g/mol. The lowest BCUT2D eigenvalue weighted by molar-refractivity contribution is -0.134. The molecule has 1 aliphatic heterocycles. The van der Waals surface area contributed by atoms with Gasteiger partial charge in [-0.05, 0) is 45.6 Å². The smallest absolute Gasteiger partial charge is 0.408 e. The highest BCUT2D eigenvalue weighted by molar-refractivity contribution is 5.86. The summed E-state index contributed by atoms with van der Waals surface area (Å²) in [6, 6.07) is 10.1. The minimum Gasteiger partial charge on any atom is -0.444 e. The summed E-state index contributed by atoms with van der Waals surface area (Å²) in [5.74, 6) is -0.237.